The van der Waals surface area contributed by atoms with Gasteiger partial charge < -0.3 is 0 Å². The van der Waals surface area contributed by atoms with Crippen molar-refractivity contribution in [3.63, 3.8) is 0 Å². The van der Waals surface area contributed by atoms with Crippen molar-refractivity contribution < 1.29 is 9.63 Å². The third-order valence-electron chi connectivity index (χ3n) is 3.14. The van der Waals surface area contributed by atoms with Crippen LogP contribution in [0.1, 0.15) is 30.3 Å². The van der Waals surface area contributed by atoms with E-state index in [9.17, 15) is 4.79 Å². The first-order chi connectivity index (χ1) is 10.1. The molecule has 0 aromatic carbocycles. The molecule has 0 saturated heterocycles. The van der Waals surface area contributed by atoms with Crippen LogP contribution in [0.25, 0.3) is 5.78 Å². The lowest BCUT2D eigenvalue weighted by molar-refractivity contribution is -0.133. The first-order valence-corrected chi connectivity index (χ1v) is 7.96. The van der Waals surface area contributed by atoms with Crippen LogP contribution in [0.5, 0.6) is 0 Å². The van der Waals surface area contributed by atoms with E-state index in [-0.39, 0.29) is 5.91 Å². The smallest absolute Gasteiger partial charge is 0.253 e. The highest BCUT2D eigenvalue weighted by Crippen LogP contribution is 2.17. The zero-order chi connectivity index (χ0) is 15.4. The Morgan fingerprint density at radius 1 is 1.38 bits per heavy atom. The molecule has 7 nitrogen and oxygen atoms in total. The number of thioether (sulfide) groups is 1. The van der Waals surface area contributed by atoms with Crippen molar-refractivity contribution >= 4 is 23.4 Å². The maximum atomic E-state index is 11.6. The van der Waals surface area contributed by atoms with Gasteiger partial charge >= 0.3 is 0 Å². The van der Waals surface area contributed by atoms with Crippen molar-refractivity contribution in [2.75, 3.05) is 12.9 Å². The number of amides is 1. The van der Waals surface area contributed by atoms with Crippen LogP contribution in [0.4, 0.5) is 0 Å². The Kier molecular flexibility index (Phi) is 5.13. The van der Waals surface area contributed by atoms with Gasteiger partial charge in [-0.3, -0.25) is 9.63 Å². The van der Waals surface area contributed by atoms with Gasteiger partial charge in [-0.2, -0.15) is 4.98 Å². The minimum Gasteiger partial charge on any atom is -0.274 e. The number of fused-ring (bicyclic) bond motifs is 1. The number of aromatic nitrogens is 4. The third-order valence-corrected chi connectivity index (χ3v) is 3.68. The number of nitrogens with zero attached hydrogens (tertiary/aromatic N) is 4. The highest BCUT2D eigenvalue weighted by Gasteiger charge is 2.14. The fourth-order valence-electron chi connectivity index (χ4n) is 2.08. The van der Waals surface area contributed by atoms with Crippen LogP contribution in [0.2, 0.25) is 0 Å². The number of hydrogen-bond donors (Lipinski definition) is 1. The molecule has 0 unspecified atom stereocenters. The maximum absolute atomic E-state index is 11.6. The third kappa shape index (κ3) is 3.51. The number of rotatable bonds is 6. The summed E-state index contributed by atoms with van der Waals surface area (Å²) < 4.78 is 1.73. The van der Waals surface area contributed by atoms with Crippen LogP contribution >= 0.6 is 11.8 Å². The number of hydrogen-bond acceptors (Lipinski definition) is 6. The molecule has 1 amide bonds. The molecule has 2 aromatic rings. The molecule has 0 saturated carbocycles. The fraction of sp³-hybridized carbons (Fsp3) is 0.538. The Labute approximate surface area is 127 Å². The number of nitrogens with one attached hydrogen (secondary N) is 1. The molecule has 0 bridgehead atoms. The van der Waals surface area contributed by atoms with Gasteiger partial charge in [0.05, 0.1) is 6.61 Å². The topological polar surface area (TPSA) is 81.4 Å². The summed E-state index contributed by atoms with van der Waals surface area (Å²) >= 11 is 1.48. The van der Waals surface area contributed by atoms with Gasteiger partial charge in [0.25, 0.3) is 5.78 Å². The van der Waals surface area contributed by atoms with Crippen molar-refractivity contribution in [2.24, 2.45) is 0 Å². The summed E-state index contributed by atoms with van der Waals surface area (Å²) in [7, 11) is 0. The normalized spacial score (nSPS) is 11.0. The Hall–Kier alpha value is -1.67. The molecule has 8 heteroatoms. The van der Waals surface area contributed by atoms with E-state index >= 15 is 0 Å². The Balaban J connectivity index is 2.21. The van der Waals surface area contributed by atoms with Crippen LogP contribution in [0, 0.1) is 13.8 Å². The number of carbonyl (C=O) groups is 1. The van der Waals surface area contributed by atoms with Crippen LogP contribution in [0.3, 0.4) is 0 Å². The van der Waals surface area contributed by atoms with Crippen molar-refractivity contribution in [3.8, 4) is 0 Å². The molecule has 2 aromatic heterocycles. The van der Waals surface area contributed by atoms with Crippen molar-refractivity contribution in [1.29, 1.82) is 0 Å². The summed E-state index contributed by atoms with van der Waals surface area (Å²) in [5.74, 6) is 0.455. The Bertz CT molecular complexity index is 656. The molecule has 0 aliphatic heterocycles. The monoisotopic (exact) mass is 309 g/mol. The zero-order valence-corrected chi connectivity index (χ0v) is 13.5. The SMILES string of the molecule is CCONC(=O)CCc1c(C)nc2nc(SC)nn2c1C. The molecule has 0 fully saturated rings. The lowest BCUT2D eigenvalue weighted by atomic mass is 10.1. The van der Waals surface area contributed by atoms with E-state index in [0.717, 1.165) is 17.0 Å². The van der Waals surface area contributed by atoms with Gasteiger partial charge in [0, 0.05) is 17.8 Å². The standard InChI is InChI=1S/C13H19N5O2S/c1-5-20-17-11(19)7-6-10-8(2)14-12-15-13(21-4)16-18(12)9(10)3/h5-7H2,1-4H3,(H,17,19). The van der Waals surface area contributed by atoms with Gasteiger partial charge in [-0.25, -0.2) is 15.0 Å². The summed E-state index contributed by atoms with van der Waals surface area (Å²) in [6.07, 6.45) is 2.86. The summed E-state index contributed by atoms with van der Waals surface area (Å²) in [5.41, 5.74) is 5.26. The lowest BCUT2D eigenvalue weighted by Crippen LogP contribution is -2.24. The molecule has 2 heterocycles. The maximum Gasteiger partial charge on any atom is 0.253 e. The van der Waals surface area contributed by atoms with Crippen molar-refractivity contribution in [3.05, 3.63) is 17.0 Å². The molecular weight excluding hydrogens is 290 g/mol. The minimum absolute atomic E-state index is 0.140. The van der Waals surface area contributed by atoms with Gasteiger partial charge in [-0.05, 0) is 39.0 Å². The van der Waals surface area contributed by atoms with E-state index in [0.29, 0.717) is 30.4 Å². The van der Waals surface area contributed by atoms with Gasteiger partial charge in [-0.15, -0.1) is 5.10 Å². The molecule has 0 aliphatic rings. The summed E-state index contributed by atoms with van der Waals surface area (Å²) in [6.45, 7) is 6.17. The molecule has 1 N–H and O–H groups in total. The number of carbonyl (C=O) groups excluding carboxylic acids is 1. The van der Waals surface area contributed by atoms with Gasteiger partial charge in [0.15, 0.2) is 0 Å². The first-order valence-electron chi connectivity index (χ1n) is 6.74. The molecule has 0 atom stereocenters. The van der Waals surface area contributed by atoms with E-state index in [2.05, 4.69) is 20.5 Å². The second-order valence-corrected chi connectivity index (χ2v) is 5.30. The molecule has 2 rings (SSSR count). The Morgan fingerprint density at radius 2 is 2.14 bits per heavy atom. The molecular formula is C13H19N5O2S. The molecule has 0 radical (unpaired) electrons. The average molecular weight is 309 g/mol. The van der Waals surface area contributed by atoms with E-state index < -0.39 is 0 Å². The number of hydroxylamine groups is 1. The van der Waals surface area contributed by atoms with Crippen LogP contribution in [0.15, 0.2) is 5.16 Å². The van der Waals surface area contributed by atoms with Crippen molar-refractivity contribution in [2.45, 2.75) is 38.8 Å². The average Bonchev–Trinajstić information content (AvgIpc) is 2.88. The summed E-state index contributed by atoms with van der Waals surface area (Å²) in [6, 6.07) is 0. The van der Waals surface area contributed by atoms with Crippen molar-refractivity contribution in [1.82, 2.24) is 25.1 Å². The molecule has 114 valence electrons. The summed E-state index contributed by atoms with van der Waals surface area (Å²) in [5, 5.41) is 5.08. The lowest BCUT2D eigenvalue weighted by Gasteiger charge is -2.10. The predicted molar refractivity (Wildman–Crippen MR) is 80.1 cm³/mol. The summed E-state index contributed by atoms with van der Waals surface area (Å²) in [4.78, 5) is 25.3. The largest absolute Gasteiger partial charge is 0.274 e. The Morgan fingerprint density at radius 3 is 2.81 bits per heavy atom. The van der Waals surface area contributed by atoms with Gasteiger partial charge in [-0.1, -0.05) is 11.8 Å². The van der Waals surface area contributed by atoms with Gasteiger partial charge in [0.1, 0.15) is 0 Å². The minimum atomic E-state index is -0.140. The first kappa shape index (κ1) is 15.7. The predicted octanol–water partition coefficient (Wildman–Crippen LogP) is 1.46. The highest BCUT2D eigenvalue weighted by molar-refractivity contribution is 7.98. The zero-order valence-electron chi connectivity index (χ0n) is 12.6. The van der Waals surface area contributed by atoms with Crippen LogP contribution < -0.4 is 5.48 Å². The van der Waals surface area contributed by atoms with E-state index in [1.165, 1.54) is 11.8 Å². The van der Waals surface area contributed by atoms with E-state index in [1.807, 2.05) is 27.0 Å². The quantitative estimate of drug-likeness (QED) is 0.643. The second kappa shape index (κ2) is 6.86. The molecule has 21 heavy (non-hydrogen) atoms. The fourth-order valence-corrected chi connectivity index (χ4v) is 2.42. The van der Waals surface area contributed by atoms with Gasteiger partial charge in [0.2, 0.25) is 11.1 Å². The second-order valence-electron chi connectivity index (χ2n) is 4.53. The van der Waals surface area contributed by atoms with Crippen LogP contribution in [-0.2, 0) is 16.1 Å². The highest BCUT2D eigenvalue weighted by atomic mass is 32.2. The number of aryl methyl sites for hydroxylation is 2. The van der Waals surface area contributed by atoms with E-state index in [1.54, 1.807) is 4.52 Å². The van der Waals surface area contributed by atoms with Crippen LogP contribution in [-0.4, -0.2) is 38.4 Å². The molecule has 0 spiro atoms. The molecule has 0 aliphatic carbocycles. The van der Waals surface area contributed by atoms with E-state index in [4.69, 9.17) is 4.84 Å².